The van der Waals surface area contributed by atoms with E-state index in [9.17, 15) is 13.6 Å². The zero-order chi connectivity index (χ0) is 12.1. The van der Waals surface area contributed by atoms with Crippen LogP contribution < -0.4 is 0 Å². The van der Waals surface area contributed by atoms with Crippen molar-refractivity contribution in [3.63, 3.8) is 0 Å². The van der Waals surface area contributed by atoms with Crippen LogP contribution in [0.2, 0.25) is 0 Å². The summed E-state index contributed by atoms with van der Waals surface area (Å²) < 4.78 is 26.0. The van der Waals surface area contributed by atoms with Gasteiger partial charge in [0.05, 0.1) is 5.92 Å². The van der Waals surface area contributed by atoms with Crippen LogP contribution in [0.1, 0.15) is 12.5 Å². The van der Waals surface area contributed by atoms with Crippen LogP contribution in [0.3, 0.4) is 0 Å². The Bertz CT molecular complexity index is 382. The van der Waals surface area contributed by atoms with Gasteiger partial charge in [-0.1, -0.05) is 19.1 Å². The van der Waals surface area contributed by atoms with Gasteiger partial charge in [-0.15, -0.1) is 0 Å². The number of aliphatic carboxylic acids is 1. The second-order valence-corrected chi connectivity index (χ2v) is 4.50. The monoisotopic (exact) mass is 246 g/mol. The van der Waals surface area contributed by atoms with Gasteiger partial charge in [0.2, 0.25) is 0 Å². The van der Waals surface area contributed by atoms with E-state index in [1.807, 2.05) is 0 Å². The Hall–Kier alpha value is -1.10. The fourth-order valence-electron chi connectivity index (χ4n) is 1.08. The summed E-state index contributed by atoms with van der Waals surface area (Å²) >= 11 is 1.28. The Morgan fingerprint density at radius 3 is 2.81 bits per heavy atom. The quantitative estimate of drug-likeness (QED) is 0.868. The minimum Gasteiger partial charge on any atom is -0.481 e. The highest BCUT2D eigenvalue weighted by molar-refractivity contribution is 7.98. The molecule has 0 bridgehead atoms. The first-order chi connectivity index (χ1) is 7.52. The molecule has 0 aliphatic carbocycles. The second-order valence-electron chi connectivity index (χ2n) is 3.47. The molecule has 1 N–H and O–H groups in total. The zero-order valence-electron chi connectivity index (χ0n) is 8.74. The number of rotatable bonds is 5. The SMILES string of the molecule is CC(CSCc1cccc(F)c1F)C(=O)O. The van der Waals surface area contributed by atoms with Crippen molar-refractivity contribution in [1.29, 1.82) is 0 Å². The molecule has 0 fully saturated rings. The Morgan fingerprint density at radius 1 is 1.50 bits per heavy atom. The standard InChI is InChI=1S/C11H12F2O2S/c1-7(11(14)15)5-16-6-8-3-2-4-9(12)10(8)13/h2-4,7H,5-6H2,1H3,(H,14,15). The van der Waals surface area contributed by atoms with E-state index in [0.29, 0.717) is 5.75 Å². The van der Waals surface area contributed by atoms with Gasteiger partial charge in [0, 0.05) is 17.1 Å². The molecule has 1 rings (SSSR count). The van der Waals surface area contributed by atoms with E-state index in [-0.39, 0.29) is 11.3 Å². The third-order valence-corrected chi connectivity index (χ3v) is 3.33. The normalized spacial score (nSPS) is 12.4. The van der Waals surface area contributed by atoms with Crippen LogP contribution in [0.25, 0.3) is 0 Å². The highest BCUT2D eigenvalue weighted by Crippen LogP contribution is 2.19. The van der Waals surface area contributed by atoms with Gasteiger partial charge in [-0.2, -0.15) is 11.8 Å². The Kier molecular flexibility index (Phi) is 4.73. The van der Waals surface area contributed by atoms with Crippen molar-refractivity contribution in [3.05, 3.63) is 35.4 Å². The molecule has 88 valence electrons. The van der Waals surface area contributed by atoms with Gasteiger partial charge in [-0.05, 0) is 6.07 Å². The zero-order valence-corrected chi connectivity index (χ0v) is 9.56. The van der Waals surface area contributed by atoms with E-state index >= 15 is 0 Å². The lowest BCUT2D eigenvalue weighted by atomic mass is 10.2. The third-order valence-electron chi connectivity index (χ3n) is 2.08. The van der Waals surface area contributed by atoms with Crippen LogP contribution >= 0.6 is 11.8 Å². The van der Waals surface area contributed by atoms with Crippen LogP contribution in [0.15, 0.2) is 18.2 Å². The number of thioether (sulfide) groups is 1. The lowest BCUT2D eigenvalue weighted by Crippen LogP contribution is -2.11. The van der Waals surface area contributed by atoms with Crippen molar-refractivity contribution >= 4 is 17.7 Å². The summed E-state index contributed by atoms with van der Waals surface area (Å²) in [6, 6.07) is 4.00. The Morgan fingerprint density at radius 2 is 2.19 bits per heavy atom. The maximum atomic E-state index is 13.2. The van der Waals surface area contributed by atoms with Gasteiger partial charge in [0.15, 0.2) is 11.6 Å². The molecule has 0 spiro atoms. The fourth-order valence-corrected chi connectivity index (χ4v) is 2.13. The summed E-state index contributed by atoms with van der Waals surface area (Å²) in [6.45, 7) is 1.58. The number of carboxylic acids is 1. The predicted molar refractivity (Wildman–Crippen MR) is 59.3 cm³/mol. The van der Waals surface area contributed by atoms with Crippen LogP contribution in [0, 0.1) is 17.6 Å². The number of hydrogen-bond acceptors (Lipinski definition) is 2. The van der Waals surface area contributed by atoms with E-state index in [2.05, 4.69) is 0 Å². The molecule has 1 unspecified atom stereocenters. The molecule has 0 aliphatic heterocycles. The van der Waals surface area contributed by atoms with Crippen molar-refractivity contribution in [2.24, 2.45) is 5.92 Å². The molecule has 1 aromatic rings. The van der Waals surface area contributed by atoms with E-state index in [1.165, 1.54) is 23.9 Å². The molecule has 5 heteroatoms. The van der Waals surface area contributed by atoms with E-state index < -0.39 is 23.5 Å². The van der Waals surface area contributed by atoms with E-state index in [4.69, 9.17) is 5.11 Å². The molecule has 1 atom stereocenters. The van der Waals surface area contributed by atoms with Crippen LogP contribution in [-0.4, -0.2) is 16.8 Å². The molecule has 1 aromatic carbocycles. The summed E-state index contributed by atoms with van der Waals surface area (Å²) in [5.74, 6) is -2.43. The first-order valence-corrected chi connectivity index (χ1v) is 5.91. The molecule has 0 aromatic heterocycles. The summed E-state index contributed by atoms with van der Waals surface area (Å²) in [4.78, 5) is 10.5. The van der Waals surface area contributed by atoms with Gasteiger partial charge in [0.25, 0.3) is 0 Å². The van der Waals surface area contributed by atoms with Crippen molar-refractivity contribution in [3.8, 4) is 0 Å². The maximum absolute atomic E-state index is 13.2. The highest BCUT2D eigenvalue weighted by atomic mass is 32.2. The Balaban J connectivity index is 2.49. The fraction of sp³-hybridized carbons (Fsp3) is 0.364. The van der Waals surface area contributed by atoms with Crippen molar-refractivity contribution in [2.75, 3.05) is 5.75 Å². The van der Waals surface area contributed by atoms with E-state index in [1.54, 1.807) is 6.92 Å². The molecule has 0 aliphatic rings. The lowest BCUT2D eigenvalue weighted by Gasteiger charge is -2.06. The number of carbonyl (C=O) groups is 1. The average Bonchev–Trinajstić information content (AvgIpc) is 2.24. The maximum Gasteiger partial charge on any atom is 0.307 e. The topological polar surface area (TPSA) is 37.3 Å². The predicted octanol–water partition coefficient (Wildman–Crippen LogP) is 2.92. The van der Waals surface area contributed by atoms with Crippen molar-refractivity contribution < 1.29 is 18.7 Å². The molecule has 0 heterocycles. The van der Waals surface area contributed by atoms with Gasteiger partial charge >= 0.3 is 5.97 Å². The number of halogens is 2. The minimum absolute atomic E-state index is 0.266. The molecule has 0 saturated carbocycles. The molecule has 16 heavy (non-hydrogen) atoms. The number of benzene rings is 1. The van der Waals surface area contributed by atoms with Crippen molar-refractivity contribution in [1.82, 2.24) is 0 Å². The minimum atomic E-state index is -0.882. The summed E-state index contributed by atoms with van der Waals surface area (Å²) in [5.41, 5.74) is 0.266. The highest BCUT2D eigenvalue weighted by Gasteiger charge is 2.12. The molecular weight excluding hydrogens is 234 g/mol. The molecular formula is C11H12F2O2S. The number of hydrogen-bond donors (Lipinski definition) is 1. The molecule has 0 radical (unpaired) electrons. The Labute approximate surface area is 96.7 Å². The second kappa shape index (κ2) is 5.84. The van der Waals surface area contributed by atoms with Gasteiger partial charge in [-0.25, -0.2) is 8.78 Å². The first kappa shape index (κ1) is 13.0. The van der Waals surface area contributed by atoms with Crippen LogP contribution in [0.4, 0.5) is 8.78 Å². The van der Waals surface area contributed by atoms with E-state index in [0.717, 1.165) is 6.07 Å². The summed E-state index contributed by atoms with van der Waals surface area (Å²) in [7, 11) is 0. The first-order valence-electron chi connectivity index (χ1n) is 4.75. The third kappa shape index (κ3) is 3.48. The smallest absolute Gasteiger partial charge is 0.307 e. The number of carboxylic acid groups (broad SMARTS) is 1. The van der Waals surface area contributed by atoms with Crippen LogP contribution in [0.5, 0.6) is 0 Å². The lowest BCUT2D eigenvalue weighted by molar-refractivity contribution is -0.140. The molecule has 2 nitrogen and oxygen atoms in total. The average molecular weight is 246 g/mol. The largest absolute Gasteiger partial charge is 0.481 e. The molecule has 0 amide bonds. The van der Waals surface area contributed by atoms with Gasteiger partial charge < -0.3 is 5.11 Å². The van der Waals surface area contributed by atoms with Gasteiger partial charge in [-0.3, -0.25) is 4.79 Å². The summed E-state index contributed by atoms with van der Waals surface area (Å²) in [6.07, 6.45) is 0. The van der Waals surface area contributed by atoms with Crippen LogP contribution in [-0.2, 0) is 10.5 Å². The molecule has 0 saturated heterocycles. The summed E-state index contributed by atoms with van der Waals surface area (Å²) in [5, 5.41) is 8.63. The van der Waals surface area contributed by atoms with Gasteiger partial charge in [0.1, 0.15) is 0 Å². The van der Waals surface area contributed by atoms with Crippen molar-refractivity contribution in [2.45, 2.75) is 12.7 Å².